The number of fused-ring (bicyclic) bond motifs is 3. The lowest BCUT2D eigenvalue weighted by Crippen LogP contribution is -2.21. The maximum Gasteiger partial charge on any atom is 0.245 e. The Bertz CT molecular complexity index is 1090. The first-order valence-corrected chi connectivity index (χ1v) is 8.54. The molecule has 1 amide bonds. The monoisotopic (exact) mass is 373 g/mol. The second-order valence-corrected chi connectivity index (χ2v) is 6.74. The standard InChI is InChI=1S/C16H12ClN5O2S/c17-10-2-1-8(5-13(10)23)18-7-14(24)21-16-20-12-4-3-11-9(6-19-22-11)15(12)25-16/h1-6,18,23H,7H2,(H,19,22)(H,20,21,24). The number of anilines is 2. The lowest BCUT2D eigenvalue weighted by Gasteiger charge is -2.07. The molecule has 0 spiro atoms. The van der Waals surface area contributed by atoms with Crippen LogP contribution in [-0.4, -0.2) is 32.7 Å². The zero-order valence-electron chi connectivity index (χ0n) is 12.7. The highest BCUT2D eigenvalue weighted by atomic mass is 35.5. The van der Waals surface area contributed by atoms with Gasteiger partial charge in [-0.15, -0.1) is 0 Å². The average Bonchev–Trinajstić information content (AvgIpc) is 3.21. The Labute approximate surface area is 150 Å². The van der Waals surface area contributed by atoms with Gasteiger partial charge in [0.15, 0.2) is 5.13 Å². The molecule has 25 heavy (non-hydrogen) atoms. The maximum atomic E-state index is 12.1. The van der Waals surface area contributed by atoms with Crippen molar-refractivity contribution in [3.63, 3.8) is 0 Å². The molecule has 0 saturated carbocycles. The van der Waals surface area contributed by atoms with Crippen LogP contribution in [0.15, 0.2) is 36.5 Å². The fourth-order valence-electron chi connectivity index (χ4n) is 2.43. The molecule has 0 aliphatic carbocycles. The van der Waals surface area contributed by atoms with E-state index in [9.17, 15) is 9.90 Å². The number of aromatic amines is 1. The molecular formula is C16H12ClN5O2S. The fourth-order valence-corrected chi connectivity index (χ4v) is 3.54. The van der Waals surface area contributed by atoms with Crippen LogP contribution < -0.4 is 10.6 Å². The zero-order valence-corrected chi connectivity index (χ0v) is 14.3. The van der Waals surface area contributed by atoms with Crippen LogP contribution in [0.4, 0.5) is 10.8 Å². The van der Waals surface area contributed by atoms with Crippen LogP contribution in [0, 0.1) is 0 Å². The van der Waals surface area contributed by atoms with Gasteiger partial charge in [0.1, 0.15) is 5.75 Å². The number of hydrogen-bond acceptors (Lipinski definition) is 6. The van der Waals surface area contributed by atoms with E-state index < -0.39 is 0 Å². The lowest BCUT2D eigenvalue weighted by atomic mass is 10.2. The molecule has 0 radical (unpaired) electrons. The largest absolute Gasteiger partial charge is 0.506 e. The summed E-state index contributed by atoms with van der Waals surface area (Å²) in [5, 5.41) is 23.9. The molecule has 2 heterocycles. The number of nitrogens with one attached hydrogen (secondary N) is 3. The van der Waals surface area contributed by atoms with Gasteiger partial charge in [0.05, 0.1) is 33.5 Å². The van der Waals surface area contributed by atoms with E-state index in [-0.39, 0.29) is 23.2 Å². The normalized spacial score (nSPS) is 11.1. The molecule has 2 aromatic heterocycles. The summed E-state index contributed by atoms with van der Waals surface area (Å²) < 4.78 is 0.970. The van der Waals surface area contributed by atoms with Crippen LogP contribution in [0.5, 0.6) is 5.75 Å². The summed E-state index contributed by atoms with van der Waals surface area (Å²) in [7, 11) is 0. The third kappa shape index (κ3) is 3.09. The third-order valence-corrected chi connectivity index (χ3v) is 4.96. The van der Waals surface area contributed by atoms with E-state index in [1.54, 1.807) is 18.3 Å². The number of phenolic OH excluding ortho intramolecular Hbond substituents is 1. The minimum absolute atomic E-state index is 0.0395. The van der Waals surface area contributed by atoms with Crippen LogP contribution in [0.1, 0.15) is 0 Å². The van der Waals surface area contributed by atoms with Gasteiger partial charge < -0.3 is 15.7 Å². The molecule has 7 nitrogen and oxygen atoms in total. The highest BCUT2D eigenvalue weighted by molar-refractivity contribution is 7.23. The summed E-state index contributed by atoms with van der Waals surface area (Å²) in [6, 6.07) is 8.49. The number of nitrogens with zero attached hydrogens (tertiary/aromatic N) is 2. The summed E-state index contributed by atoms with van der Waals surface area (Å²) in [5.41, 5.74) is 2.34. The third-order valence-electron chi connectivity index (χ3n) is 3.62. The van der Waals surface area contributed by atoms with Gasteiger partial charge in [-0.3, -0.25) is 9.89 Å². The average molecular weight is 374 g/mol. The first-order chi connectivity index (χ1) is 12.1. The van der Waals surface area contributed by atoms with E-state index in [0.29, 0.717) is 10.8 Å². The second kappa shape index (κ2) is 6.23. The van der Waals surface area contributed by atoms with Crippen molar-refractivity contribution in [1.29, 1.82) is 0 Å². The molecule has 126 valence electrons. The number of H-pyrrole nitrogens is 1. The quantitative estimate of drug-likeness (QED) is 0.438. The van der Waals surface area contributed by atoms with Crippen molar-refractivity contribution < 1.29 is 9.90 Å². The molecule has 2 aromatic carbocycles. The molecule has 0 fully saturated rings. The number of amides is 1. The van der Waals surface area contributed by atoms with Crippen molar-refractivity contribution in [2.75, 3.05) is 17.2 Å². The van der Waals surface area contributed by atoms with Crippen molar-refractivity contribution >= 4 is 60.8 Å². The molecule has 0 aliphatic rings. The number of aromatic hydroxyl groups is 1. The Morgan fingerprint density at radius 1 is 1.32 bits per heavy atom. The number of thiazole rings is 1. The smallest absolute Gasteiger partial charge is 0.245 e. The molecule has 0 bridgehead atoms. The summed E-state index contributed by atoms with van der Waals surface area (Å²) >= 11 is 7.15. The Balaban J connectivity index is 1.46. The number of phenols is 1. The topological polar surface area (TPSA) is 103 Å². The van der Waals surface area contributed by atoms with Gasteiger partial charge in [-0.1, -0.05) is 22.9 Å². The van der Waals surface area contributed by atoms with Crippen LogP contribution in [0.2, 0.25) is 5.02 Å². The minimum Gasteiger partial charge on any atom is -0.506 e. The Hall–Kier alpha value is -2.84. The number of benzene rings is 2. The predicted molar refractivity (Wildman–Crippen MR) is 99.5 cm³/mol. The van der Waals surface area contributed by atoms with Gasteiger partial charge >= 0.3 is 0 Å². The minimum atomic E-state index is -0.239. The van der Waals surface area contributed by atoms with Crippen molar-refractivity contribution in [3.8, 4) is 5.75 Å². The predicted octanol–water partition coefficient (Wildman–Crippen LogP) is 3.58. The molecular weight excluding hydrogens is 362 g/mol. The molecule has 0 aliphatic heterocycles. The van der Waals surface area contributed by atoms with E-state index in [4.69, 9.17) is 11.6 Å². The summed E-state index contributed by atoms with van der Waals surface area (Å²) in [6.07, 6.45) is 1.75. The van der Waals surface area contributed by atoms with Crippen LogP contribution in [0.25, 0.3) is 21.1 Å². The zero-order chi connectivity index (χ0) is 17.4. The number of halogens is 1. The molecule has 9 heteroatoms. The van der Waals surface area contributed by atoms with Gasteiger partial charge in [-0.25, -0.2) is 4.98 Å². The summed E-state index contributed by atoms with van der Waals surface area (Å²) in [6.45, 7) is 0.0398. The number of hydrogen-bond donors (Lipinski definition) is 4. The Morgan fingerprint density at radius 3 is 3.04 bits per heavy atom. The van der Waals surface area contributed by atoms with Crippen molar-refractivity contribution in [2.24, 2.45) is 0 Å². The second-order valence-electron chi connectivity index (χ2n) is 5.33. The highest BCUT2D eigenvalue weighted by Gasteiger charge is 2.11. The highest BCUT2D eigenvalue weighted by Crippen LogP contribution is 2.31. The van der Waals surface area contributed by atoms with Crippen molar-refractivity contribution in [1.82, 2.24) is 15.2 Å². The number of carbonyl (C=O) groups is 1. The van der Waals surface area contributed by atoms with E-state index in [0.717, 1.165) is 21.1 Å². The molecule has 0 unspecified atom stereocenters. The number of rotatable bonds is 4. The lowest BCUT2D eigenvalue weighted by molar-refractivity contribution is -0.114. The van der Waals surface area contributed by atoms with Crippen LogP contribution in [0.3, 0.4) is 0 Å². The molecule has 4 aromatic rings. The van der Waals surface area contributed by atoms with Gasteiger partial charge in [-0.05, 0) is 24.3 Å². The van der Waals surface area contributed by atoms with Gasteiger partial charge in [0, 0.05) is 17.1 Å². The molecule has 0 saturated heterocycles. The van der Waals surface area contributed by atoms with E-state index in [2.05, 4.69) is 25.8 Å². The van der Waals surface area contributed by atoms with Crippen molar-refractivity contribution in [3.05, 3.63) is 41.6 Å². The summed E-state index contributed by atoms with van der Waals surface area (Å²) in [5.74, 6) is -0.278. The molecule has 0 atom stereocenters. The number of carbonyl (C=O) groups excluding carboxylic acids is 1. The molecule has 4 N–H and O–H groups in total. The van der Waals surface area contributed by atoms with Gasteiger partial charge in [-0.2, -0.15) is 5.10 Å². The van der Waals surface area contributed by atoms with Crippen molar-refractivity contribution in [2.45, 2.75) is 0 Å². The Morgan fingerprint density at radius 2 is 2.20 bits per heavy atom. The van der Waals surface area contributed by atoms with E-state index in [1.165, 1.54) is 17.4 Å². The van der Waals surface area contributed by atoms with E-state index >= 15 is 0 Å². The molecule has 4 rings (SSSR count). The summed E-state index contributed by atoms with van der Waals surface area (Å²) in [4.78, 5) is 16.5. The first-order valence-electron chi connectivity index (χ1n) is 7.35. The van der Waals surface area contributed by atoms with Gasteiger partial charge in [0.2, 0.25) is 5.91 Å². The van der Waals surface area contributed by atoms with E-state index in [1.807, 2.05) is 12.1 Å². The SMILES string of the molecule is O=C(CNc1ccc(Cl)c(O)c1)Nc1nc2ccc3[nH]ncc3c2s1. The van der Waals surface area contributed by atoms with Crippen LogP contribution >= 0.6 is 22.9 Å². The fraction of sp³-hybridized carbons (Fsp3) is 0.0625. The first kappa shape index (κ1) is 15.7. The van der Waals surface area contributed by atoms with Gasteiger partial charge in [0.25, 0.3) is 0 Å². The number of aromatic nitrogens is 3. The van der Waals surface area contributed by atoms with Crippen LogP contribution in [-0.2, 0) is 4.79 Å². The maximum absolute atomic E-state index is 12.1. The Kier molecular flexibility index (Phi) is 3.90.